The van der Waals surface area contributed by atoms with Crippen molar-refractivity contribution in [3.63, 3.8) is 0 Å². The minimum atomic E-state index is 0.0692. The van der Waals surface area contributed by atoms with Gasteiger partial charge in [0.2, 0.25) is 0 Å². The van der Waals surface area contributed by atoms with Gasteiger partial charge >= 0.3 is 0 Å². The van der Waals surface area contributed by atoms with Gasteiger partial charge in [0, 0.05) is 28.4 Å². The lowest BCUT2D eigenvalue weighted by Crippen LogP contribution is -2.40. The van der Waals surface area contributed by atoms with E-state index in [9.17, 15) is 0 Å². The predicted octanol–water partition coefficient (Wildman–Crippen LogP) is 14.1. The number of anilines is 5. The molecule has 1 unspecified atom stereocenters. The lowest BCUT2D eigenvalue weighted by molar-refractivity contribution is 0.838. The molecule has 60 heavy (non-hydrogen) atoms. The van der Waals surface area contributed by atoms with Gasteiger partial charge in [0.25, 0.3) is 0 Å². The van der Waals surface area contributed by atoms with Crippen LogP contribution in [0.15, 0.2) is 224 Å². The first-order valence-electron chi connectivity index (χ1n) is 20.9. The predicted molar refractivity (Wildman–Crippen MR) is 256 cm³/mol. The van der Waals surface area contributed by atoms with Gasteiger partial charge in [-0.25, -0.2) is 0 Å². The van der Waals surface area contributed by atoms with Crippen molar-refractivity contribution in [1.29, 1.82) is 0 Å². The van der Waals surface area contributed by atoms with E-state index in [-0.39, 0.29) is 6.04 Å². The molecule has 0 radical (unpaired) electrons. The maximum Gasteiger partial charge on any atom is 0.0566 e. The van der Waals surface area contributed by atoms with Crippen LogP contribution < -0.4 is 20.2 Å². The summed E-state index contributed by atoms with van der Waals surface area (Å²) in [4.78, 5) is 4.89. The molecule has 0 fully saturated rings. The normalized spacial score (nSPS) is 13.4. The van der Waals surface area contributed by atoms with Gasteiger partial charge in [0.05, 0.1) is 6.04 Å². The molecule has 10 aromatic rings. The second-order valence-corrected chi connectivity index (χ2v) is 15.6. The molecule has 1 atom stereocenters. The summed E-state index contributed by atoms with van der Waals surface area (Å²) in [6.45, 7) is 0. The van der Waals surface area contributed by atoms with E-state index in [1.807, 2.05) is 0 Å². The monoisotopic (exact) mass is 766 g/mol. The molecular formula is C58H42N2. The molecule has 1 aliphatic carbocycles. The van der Waals surface area contributed by atoms with Crippen molar-refractivity contribution in [2.24, 2.45) is 0 Å². The van der Waals surface area contributed by atoms with Gasteiger partial charge in [-0.1, -0.05) is 176 Å². The van der Waals surface area contributed by atoms with Crippen molar-refractivity contribution in [3.05, 3.63) is 235 Å². The molecule has 2 heteroatoms. The zero-order valence-corrected chi connectivity index (χ0v) is 33.2. The first kappa shape index (κ1) is 35.5. The van der Waals surface area contributed by atoms with Gasteiger partial charge in [0.15, 0.2) is 0 Å². The average molecular weight is 767 g/mol. The largest absolute Gasteiger partial charge is 0.334 e. The smallest absolute Gasteiger partial charge is 0.0566 e. The van der Waals surface area contributed by atoms with Gasteiger partial charge in [-0.2, -0.15) is 0 Å². The number of hydrogen-bond donors (Lipinski definition) is 0. The third-order valence-electron chi connectivity index (χ3n) is 12.1. The summed E-state index contributed by atoms with van der Waals surface area (Å²) < 4.78 is 0. The van der Waals surface area contributed by atoms with Crippen molar-refractivity contribution < 1.29 is 0 Å². The van der Waals surface area contributed by atoms with Gasteiger partial charge in [-0.15, -0.1) is 0 Å². The Hall–Kier alpha value is -7.68. The van der Waals surface area contributed by atoms with Crippen LogP contribution in [0.2, 0.25) is 0 Å². The Balaban J connectivity index is 1.29. The molecule has 0 spiro atoms. The Morgan fingerprint density at radius 3 is 1.32 bits per heavy atom. The molecule has 0 heterocycles. The Morgan fingerprint density at radius 2 is 0.783 bits per heavy atom. The van der Waals surface area contributed by atoms with Crippen molar-refractivity contribution in [1.82, 2.24) is 0 Å². The molecule has 0 N–H and O–H groups in total. The van der Waals surface area contributed by atoms with Crippen LogP contribution >= 0.6 is 0 Å². The van der Waals surface area contributed by atoms with Crippen molar-refractivity contribution in [2.45, 2.75) is 12.5 Å². The van der Waals surface area contributed by atoms with Crippen molar-refractivity contribution >= 4 is 72.9 Å². The average Bonchev–Trinajstić information content (AvgIpc) is 3.32. The van der Waals surface area contributed by atoms with Crippen LogP contribution in [0.1, 0.15) is 6.42 Å². The molecule has 0 saturated carbocycles. The summed E-state index contributed by atoms with van der Waals surface area (Å²) in [5, 5.41) is 9.98. The standard InChI is InChI=1S/C58H42N2/c1-5-23-43(24-6-1)59(44-25-7-2-8-26-44)47-35-37-53-55(39-47)57(51-33-17-21-41-19-13-15-31-49(41)51)54-38-36-48(60(45-27-9-3-10-28-45)46-29-11-4-12-30-46)40-56(54)58(53)52-34-18-22-42-20-14-16-32-50(42)52/h1-35,37-40,48H,36H2. The van der Waals surface area contributed by atoms with Crippen LogP contribution in [0.4, 0.5) is 28.4 Å². The third-order valence-corrected chi connectivity index (χ3v) is 12.1. The minimum absolute atomic E-state index is 0.0692. The molecule has 1 aliphatic rings. The quantitative estimate of drug-likeness (QED) is 0.152. The van der Waals surface area contributed by atoms with Gasteiger partial charge < -0.3 is 9.80 Å². The zero-order valence-electron chi connectivity index (χ0n) is 33.2. The van der Waals surface area contributed by atoms with Crippen molar-refractivity contribution in [2.75, 3.05) is 9.80 Å². The second-order valence-electron chi connectivity index (χ2n) is 15.6. The molecule has 284 valence electrons. The fourth-order valence-electron chi connectivity index (χ4n) is 9.50. The Kier molecular flexibility index (Phi) is 9.02. The third kappa shape index (κ3) is 6.22. The van der Waals surface area contributed by atoms with Gasteiger partial charge in [-0.3, -0.25) is 0 Å². The summed E-state index contributed by atoms with van der Waals surface area (Å²) in [6.07, 6.45) is 5.94. The molecule has 11 rings (SSSR count). The maximum atomic E-state index is 2.56. The second kappa shape index (κ2) is 15.2. The number of rotatable bonds is 8. The summed E-state index contributed by atoms with van der Waals surface area (Å²) in [6, 6.07) is 81.6. The highest BCUT2D eigenvalue weighted by Crippen LogP contribution is 2.42. The lowest BCUT2D eigenvalue weighted by Gasteiger charge is -2.33. The highest BCUT2D eigenvalue weighted by atomic mass is 15.2. The number of para-hydroxylation sites is 4. The summed E-state index contributed by atoms with van der Waals surface area (Å²) >= 11 is 0. The topological polar surface area (TPSA) is 6.48 Å². The van der Waals surface area contributed by atoms with Crippen LogP contribution in [0.25, 0.3) is 66.7 Å². The molecule has 10 aromatic carbocycles. The fraction of sp³-hybridized carbons (Fsp3) is 0.0345. The van der Waals surface area contributed by atoms with Crippen LogP contribution in [0.5, 0.6) is 0 Å². The van der Waals surface area contributed by atoms with E-state index >= 15 is 0 Å². The van der Waals surface area contributed by atoms with Crippen LogP contribution in [0.3, 0.4) is 0 Å². The van der Waals surface area contributed by atoms with E-state index in [1.165, 1.54) is 76.4 Å². The maximum absolute atomic E-state index is 2.56. The van der Waals surface area contributed by atoms with E-state index in [0.717, 1.165) is 23.5 Å². The highest BCUT2D eigenvalue weighted by Gasteiger charge is 2.25. The van der Waals surface area contributed by atoms with Gasteiger partial charge in [-0.05, 0) is 132 Å². The number of fused-ring (bicyclic) bond motifs is 4. The Bertz CT molecular complexity index is 3200. The van der Waals surface area contributed by atoms with E-state index in [1.54, 1.807) is 0 Å². The molecular weight excluding hydrogens is 725 g/mol. The van der Waals surface area contributed by atoms with E-state index in [2.05, 4.69) is 246 Å². The van der Waals surface area contributed by atoms with E-state index < -0.39 is 0 Å². The molecule has 0 aromatic heterocycles. The van der Waals surface area contributed by atoms with Crippen LogP contribution in [-0.2, 0) is 0 Å². The molecule has 2 nitrogen and oxygen atoms in total. The molecule has 0 bridgehead atoms. The van der Waals surface area contributed by atoms with Gasteiger partial charge in [0.1, 0.15) is 0 Å². The number of benzene rings is 10. The first-order chi connectivity index (χ1) is 29.8. The van der Waals surface area contributed by atoms with Crippen LogP contribution in [0, 0.1) is 0 Å². The fourth-order valence-corrected chi connectivity index (χ4v) is 9.50. The minimum Gasteiger partial charge on any atom is -0.334 e. The first-order valence-corrected chi connectivity index (χ1v) is 20.9. The molecule has 0 saturated heterocycles. The van der Waals surface area contributed by atoms with Crippen molar-refractivity contribution in [3.8, 4) is 22.3 Å². The molecule has 0 amide bonds. The van der Waals surface area contributed by atoms with E-state index in [4.69, 9.17) is 0 Å². The summed E-state index contributed by atoms with van der Waals surface area (Å²) in [5.74, 6) is 0. The number of hydrogen-bond acceptors (Lipinski definition) is 2. The zero-order chi connectivity index (χ0) is 39.8. The molecule has 0 aliphatic heterocycles. The Labute approximate surface area is 350 Å². The lowest BCUT2D eigenvalue weighted by atomic mass is 9.83. The van der Waals surface area contributed by atoms with Crippen LogP contribution in [-0.4, -0.2) is 6.04 Å². The van der Waals surface area contributed by atoms with E-state index in [0.29, 0.717) is 0 Å². The summed E-state index contributed by atoms with van der Waals surface area (Å²) in [5.41, 5.74) is 10.7. The highest BCUT2D eigenvalue weighted by molar-refractivity contribution is 6.14. The summed E-state index contributed by atoms with van der Waals surface area (Å²) in [7, 11) is 0. The SMILES string of the molecule is C1=c2c(-c3cccc4ccccc34)c3ccc(N(c4ccccc4)c4ccccc4)cc3c(-c3cccc4ccccc34)c2=CCC1N(c1ccccc1)c1ccccc1. The number of nitrogens with zero attached hydrogens (tertiary/aromatic N) is 2. The Morgan fingerprint density at radius 1 is 0.333 bits per heavy atom.